The van der Waals surface area contributed by atoms with Crippen molar-refractivity contribution < 1.29 is 0 Å². The topological polar surface area (TPSA) is 0 Å². The van der Waals surface area contributed by atoms with Crippen molar-refractivity contribution in [3.63, 3.8) is 0 Å². The van der Waals surface area contributed by atoms with Gasteiger partial charge in [0.2, 0.25) is 0 Å². The molecular weight excluding hydrogens is 212 g/mol. The summed E-state index contributed by atoms with van der Waals surface area (Å²) in [6, 6.07) is 6.17. The predicted molar refractivity (Wildman–Crippen MR) is 65.4 cm³/mol. The fourth-order valence-electron chi connectivity index (χ4n) is 1.62. The number of hydrogen-bond donors (Lipinski definition) is 0. The van der Waals surface area contributed by atoms with E-state index in [1.165, 1.54) is 34.9 Å². The molecule has 1 aromatic heterocycles. The van der Waals surface area contributed by atoms with Crippen molar-refractivity contribution >= 4 is 33.0 Å². The van der Waals surface area contributed by atoms with Crippen LogP contribution >= 0.6 is 22.9 Å². The van der Waals surface area contributed by atoms with Crippen LogP contribution in [0.2, 0.25) is 5.02 Å². The summed E-state index contributed by atoms with van der Waals surface area (Å²) >= 11 is 7.73. The number of benzene rings is 1. The Balaban J connectivity index is 2.37. The van der Waals surface area contributed by atoms with Gasteiger partial charge < -0.3 is 0 Å². The van der Waals surface area contributed by atoms with Gasteiger partial charge in [0, 0.05) is 9.72 Å². The molecule has 0 N–H and O–H groups in total. The molecule has 0 radical (unpaired) electrons. The fraction of sp³-hybridized carbons (Fsp3) is 0.333. The Hall–Kier alpha value is -0.530. The summed E-state index contributed by atoms with van der Waals surface area (Å²) in [6.07, 6.45) is 3.72. The monoisotopic (exact) mass is 224 g/mol. The maximum absolute atomic E-state index is 5.94. The lowest BCUT2D eigenvalue weighted by Gasteiger charge is -1.97. The molecule has 1 heterocycles. The number of hydrogen-bond acceptors (Lipinski definition) is 1. The summed E-state index contributed by atoms with van der Waals surface area (Å²) in [5, 5.41) is 4.48. The summed E-state index contributed by atoms with van der Waals surface area (Å²) in [5.41, 5.74) is 1.48. The molecule has 0 saturated carbocycles. The molecule has 2 heteroatoms. The van der Waals surface area contributed by atoms with Crippen molar-refractivity contribution in [1.29, 1.82) is 0 Å². The van der Waals surface area contributed by atoms with Crippen molar-refractivity contribution in [2.75, 3.05) is 0 Å². The van der Waals surface area contributed by atoms with Crippen LogP contribution in [0.5, 0.6) is 0 Å². The Morgan fingerprint density at radius 2 is 2.21 bits per heavy atom. The average Bonchev–Trinajstić information content (AvgIpc) is 2.57. The van der Waals surface area contributed by atoms with Crippen LogP contribution in [0.4, 0.5) is 0 Å². The molecule has 0 unspecified atom stereocenters. The lowest BCUT2D eigenvalue weighted by atomic mass is 10.1. The zero-order valence-electron chi connectivity index (χ0n) is 8.22. The standard InChI is InChI=1S/C12H13ClS/c1-2-3-4-9-8-14-12-7-10(13)5-6-11(9)12/h5-8H,2-4H2,1H3. The third kappa shape index (κ3) is 1.94. The zero-order valence-corrected chi connectivity index (χ0v) is 9.79. The Bertz CT molecular complexity index is 431. The number of halogens is 1. The average molecular weight is 225 g/mol. The SMILES string of the molecule is CCCCc1csc2cc(Cl)ccc12. The van der Waals surface area contributed by atoms with Gasteiger partial charge in [-0.1, -0.05) is 31.0 Å². The van der Waals surface area contributed by atoms with Crippen LogP contribution < -0.4 is 0 Å². The second kappa shape index (κ2) is 4.33. The van der Waals surface area contributed by atoms with Gasteiger partial charge in [-0.2, -0.15) is 0 Å². The third-order valence-corrected chi connectivity index (χ3v) is 3.65. The van der Waals surface area contributed by atoms with E-state index in [1.807, 2.05) is 6.07 Å². The lowest BCUT2D eigenvalue weighted by Crippen LogP contribution is -1.81. The normalized spacial score (nSPS) is 11.0. The van der Waals surface area contributed by atoms with Gasteiger partial charge in [0.25, 0.3) is 0 Å². The first-order valence-electron chi connectivity index (χ1n) is 4.97. The van der Waals surface area contributed by atoms with Crippen LogP contribution in [0.15, 0.2) is 23.6 Å². The van der Waals surface area contributed by atoms with E-state index in [-0.39, 0.29) is 0 Å². The van der Waals surface area contributed by atoms with Crippen molar-refractivity contribution in [2.45, 2.75) is 26.2 Å². The molecule has 0 fully saturated rings. The minimum Gasteiger partial charge on any atom is -0.143 e. The zero-order chi connectivity index (χ0) is 9.97. The number of unbranched alkanes of at least 4 members (excludes halogenated alkanes) is 1. The highest BCUT2D eigenvalue weighted by molar-refractivity contribution is 7.17. The van der Waals surface area contributed by atoms with Crippen LogP contribution in [-0.2, 0) is 6.42 Å². The van der Waals surface area contributed by atoms with Gasteiger partial charge in [-0.05, 0) is 41.3 Å². The minimum absolute atomic E-state index is 0.835. The van der Waals surface area contributed by atoms with E-state index in [1.54, 1.807) is 11.3 Å². The predicted octanol–water partition coefficient (Wildman–Crippen LogP) is 4.90. The van der Waals surface area contributed by atoms with E-state index >= 15 is 0 Å². The molecule has 0 saturated heterocycles. The Morgan fingerprint density at radius 1 is 1.36 bits per heavy atom. The van der Waals surface area contributed by atoms with Crippen LogP contribution in [0.25, 0.3) is 10.1 Å². The van der Waals surface area contributed by atoms with Gasteiger partial charge in [-0.25, -0.2) is 0 Å². The quantitative estimate of drug-likeness (QED) is 0.696. The summed E-state index contributed by atoms with van der Waals surface area (Å²) in [4.78, 5) is 0. The number of aryl methyl sites for hydroxylation is 1. The fourth-order valence-corrected chi connectivity index (χ4v) is 2.89. The first kappa shape index (κ1) is 10.0. The summed E-state index contributed by atoms with van der Waals surface area (Å²) in [6.45, 7) is 2.23. The van der Waals surface area contributed by atoms with Crippen LogP contribution in [0.3, 0.4) is 0 Å². The highest BCUT2D eigenvalue weighted by atomic mass is 35.5. The first-order valence-corrected chi connectivity index (χ1v) is 6.22. The molecule has 0 aliphatic carbocycles. The number of rotatable bonds is 3. The molecule has 0 spiro atoms. The smallest absolute Gasteiger partial charge is 0.0420 e. The van der Waals surface area contributed by atoms with Crippen molar-refractivity contribution in [3.8, 4) is 0 Å². The molecule has 2 aromatic rings. The highest BCUT2D eigenvalue weighted by Gasteiger charge is 2.03. The van der Waals surface area contributed by atoms with Crippen molar-refractivity contribution in [2.24, 2.45) is 0 Å². The van der Waals surface area contributed by atoms with Gasteiger partial charge in [0.15, 0.2) is 0 Å². The van der Waals surface area contributed by atoms with Gasteiger partial charge >= 0.3 is 0 Å². The third-order valence-electron chi connectivity index (χ3n) is 2.42. The van der Waals surface area contributed by atoms with Crippen LogP contribution in [0.1, 0.15) is 25.3 Å². The van der Waals surface area contributed by atoms with Gasteiger partial charge in [-0.15, -0.1) is 11.3 Å². The van der Waals surface area contributed by atoms with Gasteiger partial charge in [0.05, 0.1) is 0 Å². The molecule has 0 atom stereocenters. The Morgan fingerprint density at radius 3 is 3.00 bits per heavy atom. The van der Waals surface area contributed by atoms with E-state index in [0.29, 0.717) is 0 Å². The summed E-state index contributed by atoms with van der Waals surface area (Å²) in [5.74, 6) is 0. The van der Waals surface area contributed by atoms with Crippen LogP contribution in [-0.4, -0.2) is 0 Å². The van der Waals surface area contributed by atoms with E-state index in [9.17, 15) is 0 Å². The molecule has 0 aliphatic heterocycles. The van der Waals surface area contributed by atoms with Crippen molar-refractivity contribution in [1.82, 2.24) is 0 Å². The second-order valence-electron chi connectivity index (χ2n) is 3.50. The Kier molecular flexibility index (Phi) is 3.09. The molecule has 0 amide bonds. The molecule has 74 valence electrons. The minimum atomic E-state index is 0.835. The molecule has 14 heavy (non-hydrogen) atoms. The van der Waals surface area contributed by atoms with E-state index in [4.69, 9.17) is 11.6 Å². The highest BCUT2D eigenvalue weighted by Crippen LogP contribution is 2.29. The molecule has 0 bridgehead atoms. The maximum Gasteiger partial charge on any atom is 0.0420 e. The maximum atomic E-state index is 5.94. The summed E-state index contributed by atoms with van der Waals surface area (Å²) in [7, 11) is 0. The van der Waals surface area contributed by atoms with E-state index in [0.717, 1.165) is 5.02 Å². The largest absolute Gasteiger partial charge is 0.143 e. The molecule has 0 aliphatic rings. The van der Waals surface area contributed by atoms with Crippen molar-refractivity contribution in [3.05, 3.63) is 34.2 Å². The summed E-state index contributed by atoms with van der Waals surface area (Å²) < 4.78 is 1.31. The number of fused-ring (bicyclic) bond motifs is 1. The first-order chi connectivity index (χ1) is 6.81. The van der Waals surface area contributed by atoms with E-state index in [2.05, 4.69) is 24.4 Å². The molecule has 0 nitrogen and oxygen atoms in total. The molecule has 2 rings (SSSR count). The Labute approximate surface area is 93.5 Å². The molecule has 1 aromatic carbocycles. The van der Waals surface area contributed by atoms with Gasteiger partial charge in [-0.3, -0.25) is 0 Å². The van der Waals surface area contributed by atoms with Crippen LogP contribution in [0, 0.1) is 0 Å². The second-order valence-corrected chi connectivity index (χ2v) is 4.85. The lowest BCUT2D eigenvalue weighted by molar-refractivity contribution is 0.800. The van der Waals surface area contributed by atoms with Gasteiger partial charge in [0.1, 0.15) is 0 Å². The van der Waals surface area contributed by atoms with E-state index < -0.39 is 0 Å². The number of thiophene rings is 1. The molecular formula is C12H13ClS.